The molecule has 0 bridgehead atoms. The molecule has 4 aliphatic carbocycles. The summed E-state index contributed by atoms with van der Waals surface area (Å²) in [5.74, 6) is 2.76. The molecule has 6 atom stereocenters. The van der Waals surface area contributed by atoms with Gasteiger partial charge in [0.05, 0.1) is 12.1 Å². The number of aliphatic hydroxyl groups is 1. The summed E-state index contributed by atoms with van der Waals surface area (Å²) in [5, 5.41) is 14.9. The summed E-state index contributed by atoms with van der Waals surface area (Å²) in [7, 11) is 0. The highest BCUT2D eigenvalue weighted by Gasteiger charge is 2.61. The zero-order valence-corrected chi connectivity index (χ0v) is 14.4. The molecule has 0 aromatic carbocycles. The van der Waals surface area contributed by atoms with Gasteiger partial charge in [-0.05, 0) is 85.6 Å². The number of hydrogen-bond donors (Lipinski definition) is 1. The van der Waals surface area contributed by atoms with Gasteiger partial charge in [0, 0.05) is 11.3 Å². The van der Waals surface area contributed by atoms with Gasteiger partial charge in [-0.1, -0.05) is 17.6 Å². The largest absolute Gasteiger partial charge is 0.389 e. The van der Waals surface area contributed by atoms with E-state index in [1.807, 2.05) is 6.08 Å². The second-order valence-corrected chi connectivity index (χ2v) is 8.72. The summed E-state index contributed by atoms with van der Waals surface area (Å²) in [5.41, 5.74) is 9.10. The van der Waals surface area contributed by atoms with Crippen molar-refractivity contribution in [2.24, 2.45) is 34.2 Å². The first-order valence-electron chi connectivity index (χ1n) is 9.45. The van der Waals surface area contributed by atoms with Crippen LogP contribution in [0.3, 0.4) is 0 Å². The Labute approximate surface area is 143 Å². The van der Waals surface area contributed by atoms with Gasteiger partial charge in [-0.25, -0.2) is 0 Å². The minimum Gasteiger partial charge on any atom is -0.389 e. The average molecular weight is 329 g/mol. The van der Waals surface area contributed by atoms with Gasteiger partial charge in [0.25, 0.3) is 0 Å². The second-order valence-electron chi connectivity index (χ2n) is 8.72. The van der Waals surface area contributed by atoms with E-state index in [1.54, 1.807) is 0 Å². The monoisotopic (exact) mass is 329 g/mol. The molecule has 0 heterocycles. The number of carbonyl (C=O) groups excluding carboxylic acids is 1. The first-order chi connectivity index (χ1) is 11.5. The first kappa shape index (κ1) is 16.2. The van der Waals surface area contributed by atoms with E-state index in [0.29, 0.717) is 35.9 Å². The van der Waals surface area contributed by atoms with Crippen molar-refractivity contribution in [3.63, 3.8) is 0 Å². The Hall–Kier alpha value is -1.32. The topological polar surface area (TPSA) is 86.1 Å². The lowest BCUT2D eigenvalue weighted by Crippen LogP contribution is -2.54. The van der Waals surface area contributed by atoms with Crippen LogP contribution in [0, 0.1) is 29.1 Å². The number of rotatable bonds is 2. The molecule has 3 saturated carbocycles. The fourth-order valence-electron chi connectivity index (χ4n) is 6.70. The molecule has 1 N–H and O–H groups in total. The van der Waals surface area contributed by atoms with Crippen molar-refractivity contribution in [1.29, 1.82) is 0 Å². The number of carbonyl (C=O) groups is 1. The average Bonchev–Trinajstić information content (AvgIpc) is 2.84. The zero-order chi connectivity index (χ0) is 16.9. The highest BCUT2D eigenvalue weighted by Crippen LogP contribution is 2.64. The number of allylic oxidation sites excluding steroid dienone is 1. The molecule has 5 heteroatoms. The van der Waals surface area contributed by atoms with Crippen molar-refractivity contribution in [1.82, 2.24) is 0 Å². The van der Waals surface area contributed by atoms with Crippen molar-refractivity contribution >= 4 is 5.78 Å². The van der Waals surface area contributed by atoms with Gasteiger partial charge < -0.3 is 5.11 Å². The third-order valence-electron chi connectivity index (χ3n) is 8.02. The van der Waals surface area contributed by atoms with Crippen molar-refractivity contribution in [2.45, 2.75) is 63.9 Å². The van der Waals surface area contributed by atoms with Crippen LogP contribution in [0.15, 0.2) is 16.8 Å². The minimum absolute atomic E-state index is 0.131. The van der Waals surface area contributed by atoms with Gasteiger partial charge in [0.2, 0.25) is 0 Å². The minimum atomic E-state index is -0.840. The van der Waals surface area contributed by atoms with Gasteiger partial charge in [-0.2, -0.15) is 0 Å². The lowest BCUT2D eigenvalue weighted by atomic mass is 9.50. The fraction of sp³-hybridized carbons (Fsp3) is 0.842. The molecule has 0 unspecified atom stereocenters. The Morgan fingerprint density at radius 3 is 2.88 bits per heavy atom. The van der Waals surface area contributed by atoms with Crippen LogP contribution >= 0.6 is 0 Å². The maximum Gasteiger partial charge on any atom is 0.155 e. The third kappa shape index (κ3) is 2.18. The molecular weight excluding hydrogens is 302 g/mol. The zero-order valence-electron chi connectivity index (χ0n) is 14.4. The van der Waals surface area contributed by atoms with Crippen LogP contribution in [0.5, 0.6) is 0 Å². The number of ketones is 1. The molecule has 24 heavy (non-hydrogen) atoms. The number of azide groups is 1. The molecule has 0 spiro atoms. The highest BCUT2D eigenvalue weighted by atomic mass is 16.3. The van der Waals surface area contributed by atoms with E-state index < -0.39 is 5.60 Å². The molecule has 0 aromatic rings. The molecular formula is C19H27N3O2. The number of hydrogen-bond acceptors (Lipinski definition) is 3. The number of fused-ring (bicyclic) bond motifs is 5. The van der Waals surface area contributed by atoms with Gasteiger partial charge >= 0.3 is 0 Å². The Bertz CT molecular complexity index is 639. The Morgan fingerprint density at radius 2 is 2.08 bits per heavy atom. The fourth-order valence-corrected chi connectivity index (χ4v) is 6.70. The summed E-state index contributed by atoms with van der Waals surface area (Å²) in [6.07, 6.45) is 9.81. The highest BCUT2D eigenvalue weighted by molar-refractivity contribution is 5.91. The van der Waals surface area contributed by atoms with Crippen molar-refractivity contribution in [2.75, 3.05) is 6.54 Å². The molecule has 5 nitrogen and oxygen atoms in total. The van der Waals surface area contributed by atoms with E-state index in [9.17, 15) is 9.90 Å². The predicted octanol–water partition coefficient (Wildman–Crippen LogP) is 4.17. The quantitative estimate of drug-likeness (QED) is 0.468. The molecule has 4 rings (SSSR count). The van der Waals surface area contributed by atoms with Gasteiger partial charge in [-0.3, -0.25) is 4.79 Å². The van der Waals surface area contributed by atoms with Gasteiger partial charge in [-0.15, -0.1) is 0 Å². The van der Waals surface area contributed by atoms with Crippen LogP contribution in [0.1, 0.15) is 58.3 Å². The molecule has 130 valence electrons. The molecule has 0 radical (unpaired) electrons. The van der Waals surface area contributed by atoms with Gasteiger partial charge in [0.1, 0.15) is 0 Å². The molecule has 0 saturated heterocycles. The SMILES string of the molecule is C[C@]12CC[C@H]3[C@@H](CCC4=CC(=O)CC[C@@H]43)[C@@H]1CC[C@@]2(O)CN=[N+]=[N-]. The standard InChI is InChI=1S/C19H27N3O2/c1-18-8-6-15-14-5-3-13(23)10-12(14)2-4-16(15)17(18)7-9-19(18,24)11-21-22-20/h10,14-17,24H,2-9,11H2,1H3/t14-,15+,16+,17-,18-,19+/m0/s1. The first-order valence-corrected chi connectivity index (χ1v) is 9.45. The Balaban J connectivity index is 1.61. The van der Waals surface area contributed by atoms with E-state index in [1.165, 1.54) is 5.57 Å². The van der Waals surface area contributed by atoms with E-state index >= 15 is 0 Å². The van der Waals surface area contributed by atoms with Crippen LogP contribution in [0.2, 0.25) is 0 Å². The van der Waals surface area contributed by atoms with Gasteiger partial charge in [0.15, 0.2) is 5.78 Å². The molecule has 4 aliphatic rings. The van der Waals surface area contributed by atoms with Crippen LogP contribution in [0.25, 0.3) is 10.4 Å². The summed E-state index contributed by atoms with van der Waals surface area (Å²) >= 11 is 0. The maximum atomic E-state index is 11.7. The van der Waals surface area contributed by atoms with E-state index in [-0.39, 0.29) is 12.0 Å². The lowest BCUT2D eigenvalue weighted by molar-refractivity contribution is -0.118. The van der Waals surface area contributed by atoms with Crippen LogP contribution in [-0.4, -0.2) is 23.0 Å². The molecule has 0 aromatic heterocycles. The third-order valence-corrected chi connectivity index (χ3v) is 8.02. The summed E-state index contributed by atoms with van der Waals surface area (Å²) in [6, 6.07) is 0. The molecule has 3 fully saturated rings. The Morgan fingerprint density at radius 1 is 1.25 bits per heavy atom. The van der Waals surface area contributed by atoms with Crippen LogP contribution in [-0.2, 0) is 4.79 Å². The van der Waals surface area contributed by atoms with E-state index in [4.69, 9.17) is 5.53 Å². The maximum absolute atomic E-state index is 11.7. The smallest absolute Gasteiger partial charge is 0.155 e. The van der Waals surface area contributed by atoms with Crippen LogP contribution in [0.4, 0.5) is 0 Å². The summed E-state index contributed by atoms with van der Waals surface area (Å²) in [6.45, 7) is 2.43. The normalized spacial score (nSPS) is 47.1. The lowest BCUT2D eigenvalue weighted by Gasteiger charge is -2.55. The Kier molecular flexibility index (Phi) is 3.77. The molecule has 0 aliphatic heterocycles. The summed E-state index contributed by atoms with van der Waals surface area (Å²) < 4.78 is 0. The summed E-state index contributed by atoms with van der Waals surface area (Å²) in [4.78, 5) is 14.6. The number of nitrogens with zero attached hydrogens (tertiary/aromatic N) is 3. The van der Waals surface area contributed by atoms with Crippen molar-refractivity contribution < 1.29 is 9.90 Å². The predicted molar refractivity (Wildman–Crippen MR) is 91.1 cm³/mol. The van der Waals surface area contributed by atoms with Crippen molar-refractivity contribution in [3.05, 3.63) is 22.1 Å². The molecule has 0 amide bonds. The van der Waals surface area contributed by atoms with Crippen molar-refractivity contribution in [3.8, 4) is 0 Å². The second kappa shape index (κ2) is 5.60. The van der Waals surface area contributed by atoms with E-state index in [2.05, 4.69) is 16.9 Å². The van der Waals surface area contributed by atoms with Crippen LogP contribution < -0.4 is 0 Å². The van der Waals surface area contributed by atoms with E-state index in [0.717, 1.165) is 44.9 Å².